The zero-order valence-electron chi connectivity index (χ0n) is 32.3. The summed E-state index contributed by atoms with van der Waals surface area (Å²) in [5.41, 5.74) is -2.06. The molecule has 0 aromatic heterocycles. The molecule has 0 bridgehead atoms. The number of aliphatic hydroxyl groups is 1. The number of morpholine rings is 1. The number of amides is 1. The van der Waals surface area contributed by atoms with Gasteiger partial charge in [-0.15, -0.1) is 0 Å². The number of ketones is 1. The minimum Gasteiger partial charge on any atom is -0.459 e. The van der Waals surface area contributed by atoms with Crippen LogP contribution in [0.5, 0.6) is 0 Å². The maximum Gasteiger partial charge on any atom is 0.316 e. The first-order valence-corrected chi connectivity index (χ1v) is 18.8. The molecule has 0 radical (unpaired) electrons. The fourth-order valence-corrected chi connectivity index (χ4v) is 8.24. The SMILES string of the molecule is CC[C@H]1OC(=O)C(C)C(=O)[C@H](C)[C@@H](O[C@@H]2O[C@H](C(C)NCC3CC3)CC(N(C)C)[C@H]2O)[C@](C)(OC)C[C@@H](C)CN[C@H](C)[C@H]2NC(=O)CO[C@@]21C. The lowest BCUT2D eigenvalue weighted by Gasteiger charge is -2.48. The molecule has 0 aromatic carbocycles. The first-order chi connectivity index (χ1) is 23.4. The summed E-state index contributed by atoms with van der Waals surface area (Å²) in [6.45, 7) is 16.5. The number of Topliss-reactive ketones (excluding diaryl/α,β-unsaturated/α-hetero) is 1. The predicted molar refractivity (Wildman–Crippen MR) is 188 cm³/mol. The number of cyclic esters (lactones) is 1. The van der Waals surface area contributed by atoms with Crippen LogP contribution in [-0.4, -0.2) is 135 Å². The highest BCUT2D eigenvalue weighted by atomic mass is 16.7. The van der Waals surface area contributed by atoms with E-state index >= 15 is 0 Å². The van der Waals surface area contributed by atoms with Crippen LogP contribution in [-0.2, 0) is 38.1 Å². The standard InChI is InChI=1S/C37H66N4O9/c1-12-28-37(8)32(40-29(42)19-47-37)24(6)38-17-20(2)16-36(7,46-11)33(21(3)30(43)22(4)34(45)49-28)50-35-31(44)26(41(9)10)15-27(48-35)23(5)39-18-25-13-14-25/h20-28,31-33,35,38-39,44H,12-19H2,1-11H3,(H,40,42)/t20-,21+,22?,23?,24-,26?,27+,28-,31-,32-,33-,35+,36-,37-/m1/s1. The van der Waals surface area contributed by atoms with E-state index < -0.39 is 59.7 Å². The summed E-state index contributed by atoms with van der Waals surface area (Å²) in [6.07, 6.45) is 0.0832. The number of methoxy groups -OCH3 is 1. The molecule has 13 heteroatoms. The van der Waals surface area contributed by atoms with Crippen LogP contribution in [0.4, 0.5) is 0 Å². The van der Waals surface area contributed by atoms with E-state index in [1.54, 1.807) is 21.0 Å². The normalized spacial score (nSPS) is 43.3. The Bertz CT molecular complexity index is 1170. The van der Waals surface area contributed by atoms with E-state index in [9.17, 15) is 19.5 Å². The number of nitrogens with zero attached hydrogens (tertiary/aromatic N) is 1. The Kier molecular flexibility index (Phi) is 13.9. The third-order valence-electron chi connectivity index (χ3n) is 11.9. The molecule has 50 heavy (non-hydrogen) atoms. The maximum atomic E-state index is 14.3. The molecule has 3 saturated heterocycles. The molecule has 288 valence electrons. The van der Waals surface area contributed by atoms with Gasteiger partial charge in [-0.3, -0.25) is 14.4 Å². The van der Waals surface area contributed by atoms with Gasteiger partial charge in [-0.2, -0.15) is 0 Å². The third kappa shape index (κ3) is 9.25. The lowest BCUT2D eigenvalue weighted by molar-refractivity contribution is -0.300. The van der Waals surface area contributed by atoms with Gasteiger partial charge in [-0.05, 0) is 106 Å². The number of carbonyl (C=O) groups is 3. The Morgan fingerprint density at radius 1 is 1.12 bits per heavy atom. The van der Waals surface area contributed by atoms with Crippen molar-refractivity contribution in [2.75, 3.05) is 40.9 Å². The minimum atomic E-state index is -1.13. The molecule has 3 heterocycles. The number of hydrogen-bond donors (Lipinski definition) is 4. The Balaban J connectivity index is 1.68. The van der Waals surface area contributed by atoms with Crippen LogP contribution in [0.2, 0.25) is 0 Å². The second-order valence-electron chi connectivity index (χ2n) is 16.3. The van der Waals surface area contributed by atoms with Crippen LogP contribution < -0.4 is 16.0 Å². The highest BCUT2D eigenvalue weighted by molar-refractivity contribution is 6.00. The lowest BCUT2D eigenvalue weighted by Crippen LogP contribution is -2.70. The van der Waals surface area contributed by atoms with Crippen molar-refractivity contribution in [3.63, 3.8) is 0 Å². The lowest BCUT2D eigenvalue weighted by atomic mass is 9.78. The van der Waals surface area contributed by atoms with E-state index in [2.05, 4.69) is 29.8 Å². The van der Waals surface area contributed by atoms with E-state index in [1.807, 2.05) is 46.7 Å². The predicted octanol–water partition coefficient (Wildman–Crippen LogP) is 2.03. The topological polar surface area (TPSA) is 157 Å². The van der Waals surface area contributed by atoms with Gasteiger partial charge in [0.25, 0.3) is 0 Å². The molecule has 3 unspecified atom stereocenters. The summed E-state index contributed by atoms with van der Waals surface area (Å²) in [4.78, 5) is 42.6. The van der Waals surface area contributed by atoms with Gasteiger partial charge in [0, 0.05) is 31.2 Å². The molecule has 0 aromatic rings. The molecule has 14 atom stereocenters. The van der Waals surface area contributed by atoms with Crippen LogP contribution in [0.1, 0.15) is 87.5 Å². The van der Waals surface area contributed by atoms with E-state index in [4.69, 9.17) is 23.7 Å². The minimum absolute atomic E-state index is 0.0196. The first-order valence-electron chi connectivity index (χ1n) is 18.8. The van der Waals surface area contributed by atoms with Crippen molar-refractivity contribution in [2.24, 2.45) is 23.7 Å². The van der Waals surface area contributed by atoms with Crippen LogP contribution in [0.3, 0.4) is 0 Å². The number of nitrogens with one attached hydrogen (secondary N) is 3. The summed E-state index contributed by atoms with van der Waals surface area (Å²) in [5, 5.41) is 21.9. The average molecular weight is 711 g/mol. The van der Waals surface area contributed by atoms with Gasteiger partial charge >= 0.3 is 5.97 Å². The van der Waals surface area contributed by atoms with Crippen molar-refractivity contribution < 1.29 is 43.2 Å². The second-order valence-corrected chi connectivity index (χ2v) is 16.3. The van der Waals surface area contributed by atoms with Crippen molar-refractivity contribution in [1.29, 1.82) is 0 Å². The molecule has 4 aliphatic rings. The summed E-state index contributed by atoms with van der Waals surface area (Å²) in [7, 11) is 5.47. The zero-order chi connectivity index (χ0) is 37.1. The van der Waals surface area contributed by atoms with E-state index in [0.717, 1.165) is 6.54 Å². The molecule has 4 rings (SSSR count). The van der Waals surface area contributed by atoms with Gasteiger partial charge in [0.05, 0.1) is 23.9 Å². The zero-order valence-corrected chi connectivity index (χ0v) is 32.3. The molecular formula is C37H66N4O9. The molecule has 1 amide bonds. The Morgan fingerprint density at radius 2 is 1.80 bits per heavy atom. The number of rotatable bonds is 9. The first kappa shape index (κ1) is 41.1. The highest BCUT2D eigenvalue weighted by Gasteiger charge is 2.53. The monoisotopic (exact) mass is 710 g/mol. The van der Waals surface area contributed by atoms with Crippen LogP contribution in [0.25, 0.3) is 0 Å². The van der Waals surface area contributed by atoms with Crippen LogP contribution >= 0.6 is 0 Å². The smallest absolute Gasteiger partial charge is 0.316 e. The molecule has 1 aliphatic carbocycles. The number of fused-ring (bicyclic) bond motifs is 1. The number of hydrogen-bond acceptors (Lipinski definition) is 12. The van der Waals surface area contributed by atoms with Crippen molar-refractivity contribution in [3.05, 3.63) is 0 Å². The fourth-order valence-electron chi connectivity index (χ4n) is 8.24. The van der Waals surface area contributed by atoms with Crippen molar-refractivity contribution in [3.8, 4) is 0 Å². The van der Waals surface area contributed by atoms with Gasteiger partial charge in [0.15, 0.2) is 12.1 Å². The molecule has 4 N–H and O–H groups in total. The van der Waals surface area contributed by atoms with Gasteiger partial charge in [0.1, 0.15) is 30.3 Å². The second kappa shape index (κ2) is 17.0. The van der Waals surface area contributed by atoms with Gasteiger partial charge in [0.2, 0.25) is 5.91 Å². The quantitative estimate of drug-likeness (QED) is 0.204. The number of esters is 1. The average Bonchev–Trinajstić information content (AvgIpc) is 3.92. The molecule has 1 saturated carbocycles. The molecule has 4 fully saturated rings. The van der Waals surface area contributed by atoms with Gasteiger partial charge < -0.3 is 49.6 Å². The van der Waals surface area contributed by atoms with Gasteiger partial charge in [-0.25, -0.2) is 0 Å². The number of ether oxygens (including phenoxy) is 5. The molecule has 13 nitrogen and oxygen atoms in total. The summed E-state index contributed by atoms with van der Waals surface area (Å²) in [6, 6.07) is -0.976. The number of aliphatic hydroxyl groups excluding tert-OH is 1. The van der Waals surface area contributed by atoms with E-state index in [0.29, 0.717) is 31.7 Å². The largest absolute Gasteiger partial charge is 0.459 e. The molecular weight excluding hydrogens is 644 g/mol. The Hall–Kier alpha value is -1.71. The van der Waals surface area contributed by atoms with Crippen molar-refractivity contribution in [1.82, 2.24) is 20.9 Å². The maximum absolute atomic E-state index is 14.3. The molecule has 3 aliphatic heterocycles. The fraction of sp³-hybridized carbons (Fsp3) is 0.919. The Morgan fingerprint density at radius 3 is 2.40 bits per heavy atom. The van der Waals surface area contributed by atoms with E-state index in [-0.39, 0.29) is 48.4 Å². The van der Waals surface area contributed by atoms with Crippen molar-refractivity contribution >= 4 is 17.7 Å². The van der Waals surface area contributed by atoms with Crippen molar-refractivity contribution in [2.45, 2.75) is 154 Å². The third-order valence-corrected chi connectivity index (χ3v) is 11.9. The summed E-state index contributed by atoms with van der Waals surface area (Å²) in [5.74, 6) is -2.52. The Labute approximate surface area is 299 Å². The highest BCUT2D eigenvalue weighted by Crippen LogP contribution is 2.38. The number of carbonyl (C=O) groups excluding carboxylic acids is 3. The van der Waals surface area contributed by atoms with Crippen LogP contribution in [0, 0.1) is 23.7 Å². The summed E-state index contributed by atoms with van der Waals surface area (Å²) >= 11 is 0. The van der Waals surface area contributed by atoms with Gasteiger partial charge in [-0.1, -0.05) is 20.8 Å². The summed E-state index contributed by atoms with van der Waals surface area (Å²) < 4.78 is 31.8. The van der Waals surface area contributed by atoms with E-state index in [1.165, 1.54) is 12.8 Å². The number of likely N-dealkylation sites (N-methyl/N-ethyl adjacent to an activating group) is 1. The molecule has 0 spiro atoms. The van der Waals surface area contributed by atoms with Crippen LogP contribution in [0.15, 0.2) is 0 Å².